The third-order valence-corrected chi connectivity index (χ3v) is 7.74. The Labute approximate surface area is 230 Å². The van der Waals surface area contributed by atoms with Gasteiger partial charge in [0.05, 0.1) is 37.3 Å². The minimum Gasteiger partial charge on any atom is -0.490 e. The Balaban J connectivity index is 1.38. The monoisotopic (exact) mass is 546 g/mol. The van der Waals surface area contributed by atoms with Gasteiger partial charge in [-0.05, 0) is 77.3 Å². The van der Waals surface area contributed by atoms with Gasteiger partial charge < -0.3 is 34.3 Å². The summed E-state index contributed by atoms with van der Waals surface area (Å²) in [5.74, 6) is -0.0348. The van der Waals surface area contributed by atoms with Crippen LogP contribution in [0.4, 0.5) is 4.79 Å². The Kier molecular flexibility index (Phi) is 9.06. The summed E-state index contributed by atoms with van der Waals surface area (Å²) in [6.07, 6.45) is 3.23. The molecule has 1 aromatic carbocycles. The van der Waals surface area contributed by atoms with E-state index in [0.717, 1.165) is 37.0 Å². The highest BCUT2D eigenvalue weighted by atomic mass is 16.6. The molecule has 1 spiro atoms. The van der Waals surface area contributed by atoms with Gasteiger partial charge in [-0.2, -0.15) is 0 Å². The molecule has 1 aromatic rings. The van der Waals surface area contributed by atoms with Crippen LogP contribution in [0, 0.1) is 0 Å². The zero-order valence-corrected chi connectivity index (χ0v) is 23.4. The first-order valence-corrected chi connectivity index (χ1v) is 13.9. The lowest BCUT2D eigenvalue weighted by molar-refractivity contribution is -0.139. The fourth-order valence-corrected chi connectivity index (χ4v) is 5.92. The van der Waals surface area contributed by atoms with E-state index in [0.29, 0.717) is 25.5 Å². The third kappa shape index (κ3) is 7.42. The Morgan fingerprint density at radius 2 is 1.92 bits per heavy atom. The van der Waals surface area contributed by atoms with Gasteiger partial charge in [0, 0.05) is 6.54 Å². The van der Waals surface area contributed by atoms with Gasteiger partial charge in [0.15, 0.2) is 0 Å². The van der Waals surface area contributed by atoms with Crippen LogP contribution < -0.4 is 10.1 Å². The zero-order chi connectivity index (χ0) is 28.2. The molecule has 2 heterocycles. The number of likely N-dealkylation sites (tertiary alicyclic amines) is 1. The Bertz CT molecular complexity index is 1030. The molecule has 3 atom stereocenters. The lowest BCUT2D eigenvalue weighted by Crippen LogP contribution is -2.65. The van der Waals surface area contributed by atoms with Gasteiger partial charge in [0.2, 0.25) is 5.91 Å². The van der Waals surface area contributed by atoms with Gasteiger partial charge in [-0.25, -0.2) is 4.79 Å². The maximum absolute atomic E-state index is 13.0. The molecule has 3 aliphatic rings. The number of para-hydroxylation sites is 1. The molecule has 3 unspecified atom stereocenters. The van der Waals surface area contributed by atoms with Crippen molar-refractivity contribution in [3.63, 3.8) is 0 Å². The molecule has 1 aliphatic carbocycles. The van der Waals surface area contributed by atoms with E-state index in [-0.39, 0.29) is 37.7 Å². The van der Waals surface area contributed by atoms with Gasteiger partial charge in [0.25, 0.3) is 0 Å². The number of carboxylic acids is 1. The number of ether oxygens (including phenoxy) is 4. The molecular weight excluding hydrogens is 504 g/mol. The molecule has 216 valence electrons. The average Bonchev–Trinajstić information content (AvgIpc) is 3.18. The van der Waals surface area contributed by atoms with Crippen molar-refractivity contribution in [2.75, 3.05) is 26.4 Å². The predicted molar refractivity (Wildman–Crippen MR) is 143 cm³/mol. The highest BCUT2D eigenvalue weighted by Crippen LogP contribution is 2.39. The average molecular weight is 547 g/mol. The van der Waals surface area contributed by atoms with E-state index in [1.54, 1.807) is 11.8 Å². The van der Waals surface area contributed by atoms with E-state index < -0.39 is 29.3 Å². The van der Waals surface area contributed by atoms with Crippen LogP contribution >= 0.6 is 0 Å². The largest absolute Gasteiger partial charge is 0.490 e. The number of carboxylic acid groups (broad SMARTS) is 1. The SMILES string of the molecule is CC(CC(=O)O)Oc1ccccc1C1CCC(OCC2N(C(=O)OC(C)(C)C)CCC23COCC(=O)N3)CC1. The first kappa shape index (κ1) is 29.1. The molecule has 39 heavy (non-hydrogen) atoms. The summed E-state index contributed by atoms with van der Waals surface area (Å²) < 4.78 is 23.7. The van der Waals surface area contributed by atoms with E-state index in [1.807, 2.05) is 39.0 Å². The first-order valence-electron chi connectivity index (χ1n) is 13.9. The molecule has 10 nitrogen and oxygen atoms in total. The Morgan fingerprint density at radius 1 is 1.21 bits per heavy atom. The molecule has 2 aliphatic heterocycles. The summed E-state index contributed by atoms with van der Waals surface area (Å²) in [7, 11) is 0. The molecule has 3 fully saturated rings. The normalized spacial score (nSPS) is 28.2. The summed E-state index contributed by atoms with van der Waals surface area (Å²) in [6, 6.07) is 7.46. The van der Waals surface area contributed by atoms with Crippen molar-refractivity contribution in [1.82, 2.24) is 10.2 Å². The Hall–Kier alpha value is -2.85. The first-order chi connectivity index (χ1) is 18.5. The zero-order valence-electron chi connectivity index (χ0n) is 23.4. The fourth-order valence-electron chi connectivity index (χ4n) is 5.92. The van der Waals surface area contributed by atoms with Gasteiger partial charge in [-0.15, -0.1) is 0 Å². The van der Waals surface area contributed by atoms with Gasteiger partial charge in [-0.1, -0.05) is 18.2 Å². The lowest BCUT2D eigenvalue weighted by atomic mass is 9.82. The minimum atomic E-state index is -0.883. The predicted octanol–water partition coefficient (Wildman–Crippen LogP) is 3.87. The van der Waals surface area contributed by atoms with Crippen molar-refractivity contribution in [3.8, 4) is 5.75 Å². The van der Waals surface area contributed by atoms with Crippen LogP contribution in [-0.4, -0.2) is 83.7 Å². The summed E-state index contributed by atoms with van der Waals surface area (Å²) in [5.41, 5.74) is -0.220. The second kappa shape index (κ2) is 12.1. The molecule has 0 radical (unpaired) electrons. The van der Waals surface area contributed by atoms with E-state index >= 15 is 0 Å². The lowest BCUT2D eigenvalue weighted by Gasteiger charge is -2.41. The standard InChI is InChI=1S/C29H42N2O8/c1-19(15-26(33)34)38-23-8-6-5-7-22(23)20-9-11-21(12-10-20)37-16-24-29(18-36-17-25(32)30-29)13-14-31(24)27(35)39-28(2,3)4/h5-8,19-21,24H,9-18H2,1-4H3,(H,30,32)(H,33,34). The number of nitrogens with one attached hydrogen (secondary N) is 1. The van der Waals surface area contributed by atoms with E-state index in [1.165, 1.54) is 0 Å². The van der Waals surface area contributed by atoms with Crippen molar-refractivity contribution in [2.24, 2.45) is 0 Å². The molecule has 2 saturated heterocycles. The molecular formula is C29H42N2O8. The second-order valence-electron chi connectivity index (χ2n) is 12.0. The summed E-state index contributed by atoms with van der Waals surface area (Å²) in [5, 5.41) is 12.2. The number of rotatable bonds is 8. The fraction of sp³-hybridized carbons (Fsp3) is 0.690. The summed E-state index contributed by atoms with van der Waals surface area (Å²) in [4.78, 5) is 38.0. The minimum absolute atomic E-state index is 0.0199. The molecule has 0 bridgehead atoms. The van der Waals surface area contributed by atoms with Crippen LogP contribution in [0.25, 0.3) is 0 Å². The van der Waals surface area contributed by atoms with Crippen molar-refractivity contribution >= 4 is 18.0 Å². The van der Waals surface area contributed by atoms with Crippen LogP contribution in [0.15, 0.2) is 24.3 Å². The number of benzene rings is 1. The summed E-state index contributed by atoms with van der Waals surface area (Å²) >= 11 is 0. The molecule has 2 amide bonds. The van der Waals surface area contributed by atoms with Crippen LogP contribution in [0.5, 0.6) is 5.75 Å². The highest BCUT2D eigenvalue weighted by Gasteiger charge is 2.53. The van der Waals surface area contributed by atoms with E-state index in [9.17, 15) is 14.4 Å². The van der Waals surface area contributed by atoms with E-state index in [2.05, 4.69) is 11.4 Å². The third-order valence-electron chi connectivity index (χ3n) is 7.74. The quantitative estimate of drug-likeness (QED) is 0.504. The smallest absolute Gasteiger partial charge is 0.410 e. The molecule has 1 saturated carbocycles. The van der Waals surface area contributed by atoms with Crippen LogP contribution in [0.3, 0.4) is 0 Å². The van der Waals surface area contributed by atoms with Crippen LogP contribution in [0.2, 0.25) is 0 Å². The van der Waals surface area contributed by atoms with Gasteiger partial charge >= 0.3 is 12.1 Å². The number of carbonyl (C=O) groups is 3. The molecule has 2 N–H and O–H groups in total. The maximum atomic E-state index is 13.0. The molecule has 4 rings (SSSR count). The van der Waals surface area contributed by atoms with Crippen molar-refractivity contribution in [3.05, 3.63) is 29.8 Å². The number of hydrogen-bond acceptors (Lipinski definition) is 7. The highest BCUT2D eigenvalue weighted by molar-refractivity contribution is 5.79. The Morgan fingerprint density at radius 3 is 2.59 bits per heavy atom. The van der Waals surface area contributed by atoms with E-state index in [4.69, 9.17) is 24.1 Å². The number of amides is 2. The number of hydrogen-bond donors (Lipinski definition) is 2. The number of nitrogens with zero attached hydrogens (tertiary/aromatic N) is 1. The topological polar surface area (TPSA) is 124 Å². The van der Waals surface area contributed by atoms with Crippen LogP contribution in [-0.2, 0) is 23.8 Å². The maximum Gasteiger partial charge on any atom is 0.410 e. The number of aliphatic carboxylic acids is 1. The molecule has 10 heteroatoms. The summed E-state index contributed by atoms with van der Waals surface area (Å²) in [6.45, 7) is 8.36. The van der Waals surface area contributed by atoms with Crippen molar-refractivity contribution in [1.29, 1.82) is 0 Å². The van der Waals surface area contributed by atoms with Gasteiger partial charge in [-0.3, -0.25) is 9.59 Å². The molecule has 0 aromatic heterocycles. The van der Waals surface area contributed by atoms with Crippen LogP contribution in [0.1, 0.15) is 77.7 Å². The number of carbonyl (C=O) groups excluding carboxylic acids is 2. The number of morpholine rings is 1. The second-order valence-corrected chi connectivity index (χ2v) is 12.0. The van der Waals surface area contributed by atoms with Gasteiger partial charge in [0.1, 0.15) is 24.1 Å². The van der Waals surface area contributed by atoms with Crippen molar-refractivity contribution in [2.45, 2.75) is 102 Å². The van der Waals surface area contributed by atoms with Crippen molar-refractivity contribution < 1.29 is 38.4 Å².